The van der Waals surface area contributed by atoms with Crippen molar-refractivity contribution in [2.24, 2.45) is 4.99 Å². The zero-order valence-corrected chi connectivity index (χ0v) is 33.5. The first kappa shape index (κ1) is 34.0. The average molecular weight is 811 g/mol. The number of aromatic nitrogens is 9. The van der Waals surface area contributed by atoms with E-state index in [0.717, 1.165) is 133 Å². The second kappa shape index (κ2) is 12.9. The number of fused-ring (bicyclic) bond motifs is 7. The van der Waals surface area contributed by atoms with Crippen molar-refractivity contribution in [3.8, 4) is 56.2 Å². The van der Waals surface area contributed by atoms with E-state index >= 15 is 0 Å². The number of nitrogens with zero attached hydrogens (tertiary/aromatic N) is 5. The number of benzene rings is 6. The number of pyridine rings is 1. The normalized spacial score (nSPS) is 12.8. The molecule has 0 saturated heterocycles. The predicted octanol–water partition coefficient (Wildman–Crippen LogP) is 12.5. The zero-order valence-electron chi connectivity index (χ0n) is 33.5. The second-order valence-electron chi connectivity index (χ2n) is 16.3. The van der Waals surface area contributed by atoms with E-state index in [9.17, 15) is 0 Å². The van der Waals surface area contributed by atoms with Crippen LogP contribution in [-0.4, -0.2) is 50.4 Å². The summed E-state index contributed by atoms with van der Waals surface area (Å²) >= 11 is 0. The van der Waals surface area contributed by atoms with Gasteiger partial charge in [-0.1, -0.05) is 96.2 Å². The SMILES string of the molecule is c1ccc2c(c1)CC(c1[nH]c3c(-c4ccn5ccccc45)c(-c4nc5ccccc5[nH]4)c(-c4cccc5[nH]nnc45)c(-c4cc5ccccc5[nH]4)c3c1-c1[nH]cc3ccccc13)=N2. The van der Waals surface area contributed by atoms with Crippen molar-refractivity contribution in [3.05, 3.63) is 175 Å². The van der Waals surface area contributed by atoms with Gasteiger partial charge in [-0.3, -0.25) is 10.1 Å². The fraction of sp³-hybridized carbons (Fsp3) is 0.0189. The molecule has 0 radical (unpaired) electrons. The van der Waals surface area contributed by atoms with Crippen LogP contribution in [0.25, 0.3) is 116 Å². The summed E-state index contributed by atoms with van der Waals surface area (Å²) in [6.07, 6.45) is 7.04. The highest BCUT2D eigenvalue weighted by molar-refractivity contribution is 6.28. The topological polar surface area (TPSA) is 134 Å². The Hall–Kier alpha value is -8.76. The number of aromatic amines is 5. The van der Waals surface area contributed by atoms with Crippen LogP contribution in [0.2, 0.25) is 0 Å². The van der Waals surface area contributed by atoms with Crippen molar-refractivity contribution in [1.29, 1.82) is 0 Å². The maximum absolute atomic E-state index is 5.44. The zero-order chi connectivity index (χ0) is 41.2. The molecule has 10 nitrogen and oxygen atoms in total. The highest BCUT2D eigenvalue weighted by Crippen LogP contribution is 2.55. The molecule has 63 heavy (non-hydrogen) atoms. The van der Waals surface area contributed by atoms with Crippen LogP contribution < -0.4 is 0 Å². The van der Waals surface area contributed by atoms with E-state index in [1.807, 2.05) is 18.2 Å². The van der Waals surface area contributed by atoms with Gasteiger partial charge >= 0.3 is 0 Å². The highest BCUT2D eigenvalue weighted by atomic mass is 15.3. The van der Waals surface area contributed by atoms with E-state index in [2.05, 4.69) is 181 Å². The van der Waals surface area contributed by atoms with Gasteiger partial charge in [0.2, 0.25) is 0 Å². The molecule has 1 aliphatic heterocycles. The van der Waals surface area contributed by atoms with Crippen molar-refractivity contribution in [1.82, 2.24) is 44.7 Å². The smallest absolute Gasteiger partial charge is 0.139 e. The lowest BCUT2D eigenvalue weighted by Gasteiger charge is -2.21. The van der Waals surface area contributed by atoms with Gasteiger partial charge in [-0.15, -0.1) is 5.10 Å². The lowest BCUT2D eigenvalue weighted by molar-refractivity contribution is 0.959. The molecule has 0 saturated carbocycles. The van der Waals surface area contributed by atoms with Gasteiger partial charge in [0.05, 0.1) is 50.4 Å². The van der Waals surface area contributed by atoms with E-state index in [1.165, 1.54) is 5.56 Å². The Bertz CT molecular complexity index is 3960. The molecule has 1 aliphatic rings. The number of rotatable bonds is 6. The maximum atomic E-state index is 5.44. The van der Waals surface area contributed by atoms with Gasteiger partial charge in [0.1, 0.15) is 11.3 Å². The first-order valence-corrected chi connectivity index (χ1v) is 21.1. The largest absolute Gasteiger partial charge is 0.360 e. The van der Waals surface area contributed by atoms with Crippen molar-refractivity contribution < 1.29 is 0 Å². The van der Waals surface area contributed by atoms with Crippen molar-refractivity contribution in [3.63, 3.8) is 0 Å². The van der Waals surface area contributed by atoms with Crippen LogP contribution in [-0.2, 0) is 6.42 Å². The van der Waals surface area contributed by atoms with Crippen LogP contribution in [0.3, 0.4) is 0 Å². The number of aliphatic imine (C=N–C) groups is 1. The Balaban J connectivity index is 1.27. The quantitative estimate of drug-likeness (QED) is 0.114. The van der Waals surface area contributed by atoms with Crippen molar-refractivity contribution >= 4 is 71.6 Å². The summed E-state index contributed by atoms with van der Waals surface area (Å²) in [4.78, 5) is 26.5. The van der Waals surface area contributed by atoms with Gasteiger partial charge in [-0.25, -0.2) is 4.98 Å². The number of nitrogens with one attached hydrogen (secondary N) is 5. The minimum Gasteiger partial charge on any atom is -0.360 e. The molecule has 0 unspecified atom stereocenters. The monoisotopic (exact) mass is 810 g/mol. The number of imidazole rings is 1. The first-order chi connectivity index (χ1) is 31.2. The summed E-state index contributed by atoms with van der Waals surface area (Å²) in [6.45, 7) is 0. The van der Waals surface area contributed by atoms with Crippen LogP contribution >= 0.6 is 0 Å². The lowest BCUT2D eigenvalue weighted by Crippen LogP contribution is -2.03. The molecular weight excluding hydrogens is 777 g/mol. The van der Waals surface area contributed by atoms with Crippen LogP contribution in [0.5, 0.6) is 0 Å². The summed E-state index contributed by atoms with van der Waals surface area (Å²) in [5, 5.41) is 16.7. The summed E-state index contributed by atoms with van der Waals surface area (Å²) < 4.78 is 2.19. The first-order valence-electron chi connectivity index (χ1n) is 21.1. The van der Waals surface area contributed by atoms with Crippen LogP contribution in [0.15, 0.2) is 169 Å². The Kier molecular flexibility index (Phi) is 6.95. The molecule has 10 heteroatoms. The number of hydrogen-bond donors (Lipinski definition) is 5. The van der Waals surface area contributed by atoms with Gasteiger partial charge in [-0.05, 0) is 65.5 Å². The average Bonchev–Trinajstić information content (AvgIpc) is 4.19. The van der Waals surface area contributed by atoms with E-state index in [4.69, 9.17) is 15.1 Å². The molecule has 296 valence electrons. The predicted molar refractivity (Wildman–Crippen MR) is 254 cm³/mol. The third-order valence-corrected chi connectivity index (χ3v) is 12.9. The van der Waals surface area contributed by atoms with Gasteiger partial charge in [0, 0.05) is 91.3 Å². The minimum atomic E-state index is 0.683. The van der Waals surface area contributed by atoms with E-state index < -0.39 is 0 Å². The fourth-order valence-electron chi connectivity index (χ4n) is 10.1. The molecule has 0 fully saturated rings. The standard InChI is InChI=1S/C53H34N10/c1-4-15-32-31(14-1)28-54-50(32)48-46-45(40-26-29-12-2-5-17-35(29)55-40)43(34-16-11-21-39-49(34)61-62-60-39)47(53-57-37-19-7-8-20-38(37)58-53)44(33-23-25-63-24-10-9-22-42(33)63)52(46)59-51(48)41-27-30-13-3-6-18-36(30)56-41/h1-26,28,54-55,59H,27H2,(H,57,58)(H,60,61,62). The van der Waals surface area contributed by atoms with Gasteiger partial charge in [0.25, 0.3) is 0 Å². The molecule has 0 spiro atoms. The maximum Gasteiger partial charge on any atom is 0.139 e. The lowest BCUT2D eigenvalue weighted by atomic mass is 9.82. The van der Waals surface area contributed by atoms with Gasteiger partial charge in [-0.2, -0.15) is 0 Å². The summed E-state index contributed by atoms with van der Waals surface area (Å²) in [5.41, 5.74) is 19.5. The summed E-state index contributed by atoms with van der Waals surface area (Å²) in [6, 6.07) is 50.9. The Labute approximate surface area is 358 Å². The molecule has 6 aromatic carbocycles. The molecule has 7 aromatic heterocycles. The number of hydrogen-bond acceptors (Lipinski definition) is 4. The molecule has 8 heterocycles. The third-order valence-electron chi connectivity index (χ3n) is 12.9. The molecule has 5 N–H and O–H groups in total. The fourth-order valence-corrected chi connectivity index (χ4v) is 10.1. The highest BCUT2D eigenvalue weighted by Gasteiger charge is 2.34. The second-order valence-corrected chi connectivity index (χ2v) is 16.3. The van der Waals surface area contributed by atoms with Crippen molar-refractivity contribution in [2.45, 2.75) is 6.42 Å². The van der Waals surface area contributed by atoms with Crippen LogP contribution in [0.1, 0.15) is 11.3 Å². The third kappa shape index (κ3) is 4.94. The molecular formula is C53H34N10. The minimum absolute atomic E-state index is 0.683. The Morgan fingerprint density at radius 3 is 2.32 bits per heavy atom. The van der Waals surface area contributed by atoms with E-state index in [0.29, 0.717) is 6.42 Å². The van der Waals surface area contributed by atoms with E-state index in [-0.39, 0.29) is 0 Å². The van der Waals surface area contributed by atoms with Gasteiger partial charge in [0.15, 0.2) is 0 Å². The van der Waals surface area contributed by atoms with Crippen molar-refractivity contribution in [2.75, 3.05) is 0 Å². The van der Waals surface area contributed by atoms with Crippen LogP contribution in [0, 0.1) is 0 Å². The summed E-state index contributed by atoms with van der Waals surface area (Å²) in [7, 11) is 0. The molecule has 0 amide bonds. The molecule has 0 aliphatic carbocycles. The Morgan fingerprint density at radius 1 is 0.571 bits per heavy atom. The summed E-state index contributed by atoms with van der Waals surface area (Å²) in [5.74, 6) is 0.741. The van der Waals surface area contributed by atoms with Crippen LogP contribution in [0.4, 0.5) is 5.69 Å². The number of H-pyrrole nitrogens is 5. The molecule has 14 rings (SSSR count). The van der Waals surface area contributed by atoms with Gasteiger partial charge < -0.3 is 24.3 Å². The molecule has 0 atom stereocenters. The Morgan fingerprint density at radius 2 is 1.40 bits per heavy atom. The molecule has 13 aromatic rings. The number of para-hydroxylation sites is 4. The molecule has 0 bridgehead atoms. The van der Waals surface area contributed by atoms with E-state index in [1.54, 1.807) is 0 Å².